The molecule has 0 radical (unpaired) electrons. The van der Waals surface area contributed by atoms with Crippen molar-refractivity contribution in [1.29, 1.82) is 0 Å². The third kappa shape index (κ3) is 2.75. The Kier molecular flexibility index (Phi) is 3.94. The Bertz CT molecular complexity index is 634. The molecule has 7 heteroatoms. The van der Waals surface area contributed by atoms with Crippen LogP contribution in [0.4, 0.5) is 5.69 Å². The molecule has 0 fully saturated rings. The van der Waals surface area contributed by atoms with Gasteiger partial charge in [-0.1, -0.05) is 16.8 Å². The molecule has 0 aliphatic carbocycles. The SMILES string of the molecule is Cc1noc(C)c1C(C)NC(=O)c1cc(N)cnc1Cl. The van der Waals surface area contributed by atoms with Gasteiger partial charge in [-0.15, -0.1) is 0 Å². The molecule has 2 heterocycles. The number of nitrogen functional groups attached to an aromatic ring is 1. The largest absolute Gasteiger partial charge is 0.397 e. The number of amides is 1. The van der Waals surface area contributed by atoms with Gasteiger partial charge in [-0.2, -0.15) is 0 Å². The molecule has 0 saturated carbocycles. The standard InChI is InChI=1S/C13H15ClN4O2/c1-6(11-7(2)18-20-8(11)3)17-13(19)10-4-9(15)5-16-12(10)14/h4-6H,15H2,1-3H3,(H,17,19). The molecule has 1 amide bonds. The fraction of sp³-hybridized carbons (Fsp3) is 0.308. The number of carbonyl (C=O) groups excluding carboxylic acids is 1. The van der Waals surface area contributed by atoms with Gasteiger partial charge in [0.05, 0.1) is 29.2 Å². The van der Waals surface area contributed by atoms with Crippen molar-refractivity contribution in [2.24, 2.45) is 0 Å². The van der Waals surface area contributed by atoms with Gasteiger partial charge in [0.2, 0.25) is 0 Å². The number of rotatable bonds is 3. The summed E-state index contributed by atoms with van der Waals surface area (Å²) in [4.78, 5) is 16.1. The predicted octanol–water partition coefficient (Wildman–Crippen LogP) is 2.41. The summed E-state index contributed by atoms with van der Waals surface area (Å²) in [5.41, 5.74) is 7.83. The Hall–Kier alpha value is -2.08. The zero-order valence-electron chi connectivity index (χ0n) is 11.4. The summed E-state index contributed by atoms with van der Waals surface area (Å²) >= 11 is 5.90. The van der Waals surface area contributed by atoms with Crippen LogP contribution < -0.4 is 11.1 Å². The lowest BCUT2D eigenvalue weighted by atomic mass is 10.1. The molecule has 0 aromatic carbocycles. The van der Waals surface area contributed by atoms with Crippen LogP contribution in [0.15, 0.2) is 16.8 Å². The van der Waals surface area contributed by atoms with Gasteiger partial charge < -0.3 is 15.6 Å². The average Bonchev–Trinajstić information content (AvgIpc) is 2.71. The van der Waals surface area contributed by atoms with Crippen molar-refractivity contribution in [2.45, 2.75) is 26.8 Å². The molecule has 106 valence electrons. The molecule has 1 unspecified atom stereocenters. The van der Waals surface area contributed by atoms with Gasteiger partial charge in [0.25, 0.3) is 5.91 Å². The summed E-state index contributed by atoms with van der Waals surface area (Å²) in [6.07, 6.45) is 1.40. The second-order valence-electron chi connectivity index (χ2n) is 4.54. The highest BCUT2D eigenvalue weighted by Gasteiger charge is 2.20. The average molecular weight is 295 g/mol. The van der Waals surface area contributed by atoms with E-state index in [9.17, 15) is 4.79 Å². The Morgan fingerprint density at radius 2 is 2.20 bits per heavy atom. The maximum atomic E-state index is 12.2. The molecule has 2 aromatic heterocycles. The van der Waals surface area contributed by atoms with Gasteiger partial charge in [0.1, 0.15) is 10.9 Å². The lowest BCUT2D eigenvalue weighted by molar-refractivity contribution is 0.0939. The molecule has 6 nitrogen and oxygen atoms in total. The summed E-state index contributed by atoms with van der Waals surface area (Å²) in [6, 6.07) is 1.23. The van der Waals surface area contributed by atoms with E-state index in [1.165, 1.54) is 12.3 Å². The normalized spacial score (nSPS) is 12.2. The van der Waals surface area contributed by atoms with Crippen molar-refractivity contribution in [3.63, 3.8) is 0 Å². The first-order chi connectivity index (χ1) is 9.40. The minimum Gasteiger partial charge on any atom is -0.397 e. The van der Waals surface area contributed by atoms with E-state index in [0.29, 0.717) is 11.4 Å². The van der Waals surface area contributed by atoms with Gasteiger partial charge in [-0.3, -0.25) is 4.79 Å². The summed E-state index contributed by atoms with van der Waals surface area (Å²) in [6.45, 7) is 5.47. The number of nitrogens with two attached hydrogens (primary N) is 1. The first-order valence-electron chi connectivity index (χ1n) is 6.04. The van der Waals surface area contributed by atoms with Crippen LogP contribution in [0.1, 0.15) is 40.3 Å². The fourth-order valence-electron chi connectivity index (χ4n) is 2.08. The molecule has 0 saturated heterocycles. The van der Waals surface area contributed by atoms with Gasteiger partial charge in [0.15, 0.2) is 0 Å². The molecule has 20 heavy (non-hydrogen) atoms. The molecule has 0 aliphatic rings. The molecule has 3 N–H and O–H groups in total. The fourth-order valence-corrected chi connectivity index (χ4v) is 2.27. The highest BCUT2D eigenvalue weighted by atomic mass is 35.5. The zero-order valence-corrected chi connectivity index (χ0v) is 12.2. The van der Waals surface area contributed by atoms with E-state index in [1.807, 2.05) is 13.8 Å². The number of anilines is 1. The van der Waals surface area contributed by atoms with Gasteiger partial charge in [-0.05, 0) is 26.8 Å². The quantitative estimate of drug-likeness (QED) is 0.848. The maximum Gasteiger partial charge on any atom is 0.254 e. The first kappa shape index (κ1) is 14.3. The van der Waals surface area contributed by atoms with Crippen LogP contribution in [0.3, 0.4) is 0 Å². The van der Waals surface area contributed by atoms with E-state index in [0.717, 1.165) is 11.3 Å². The zero-order chi connectivity index (χ0) is 14.9. The summed E-state index contributed by atoms with van der Waals surface area (Å²) in [5, 5.41) is 6.81. The number of aromatic nitrogens is 2. The lowest BCUT2D eigenvalue weighted by Crippen LogP contribution is -2.27. The topological polar surface area (TPSA) is 94.0 Å². The second-order valence-corrected chi connectivity index (χ2v) is 4.90. The van der Waals surface area contributed by atoms with Crippen LogP contribution in [0.5, 0.6) is 0 Å². The van der Waals surface area contributed by atoms with Crippen molar-refractivity contribution in [1.82, 2.24) is 15.5 Å². The Balaban J connectivity index is 2.22. The van der Waals surface area contributed by atoms with Crippen LogP contribution in [0, 0.1) is 13.8 Å². The van der Waals surface area contributed by atoms with Crippen LogP contribution >= 0.6 is 11.6 Å². The number of hydrogen-bond acceptors (Lipinski definition) is 5. The number of nitrogens with zero attached hydrogens (tertiary/aromatic N) is 2. The van der Waals surface area contributed by atoms with Crippen LogP contribution in [-0.2, 0) is 0 Å². The van der Waals surface area contributed by atoms with Crippen molar-refractivity contribution in [2.75, 3.05) is 5.73 Å². The number of pyridine rings is 1. The number of aryl methyl sites for hydroxylation is 2. The molecule has 0 bridgehead atoms. The minimum atomic E-state index is -0.345. The summed E-state index contributed by atoms with van der Waals surface area (Å²) in [5.74, 6) is 0.328. The number of hydrogen-bond donors (Lipinski definition) is 2. The Morgan fingerprint density at radius 3 is 2.80 bits per heavy atom. The Labute approximate surface area is 121 Å². The van der Waals surface area contributed by atoms with E-state index in [-0.39, 0.29) is 22.7 Å². The molecule has 0 aliphatic heterocycles. The third-order valence-electron chi connectivity index (χ3n) is 2.97. The molecule has 1 atom stereocenters. The van der Waals surface area contributed by atoms with E-state index >= 15 is 0 Å². The van der Waals surface area contributed by atoms with Crippen LogP contribution in [0.25, 0.3) is 0 Å². The van der Waals surface area contributed by atoms with Gasteiger partial charge in [0, 0.05) is 5.56 Å². The molecule has 2 rings (SSSR count). The highest BCUT2D eigenvalue weighted by Crippen LogP contribution is 2.22. The van der Waals surface area contributed by atoms with E-state index in [1.54, 1.807) is 6.92 Å². The second kappa shape index (κ2) is 5.50. The van der Waals surface area contributed by atoms with Crippen molar-refractivity contribution >= 4 is 23.2 Å². The molecular weight excluding hydrogens is 280 g/mol. The van der Waals surface area contributed by atoms with E-state index in [2.05, 4.69) is 15.5 Å². The van der Waals surface area contributed by atoms with Gasteiger partial charge >= 0.3 is 0 Å². The monoisotopic (exact) mass is 294 g/mol. The number of nitrogens with one attached hydrogen (secondary N) is 1. The first-order valence-corrected chi connectivity index (χ1v) is 6.42. The number of halogens is 1. The van der Waals surface area contributed by atoms with Crippen LogP contribution in [-0.4, -0.2) is 16.0 Å². The molecular formula is C13H15ClN4O2. The minimum absolute atomic E-state index is 0.114. The van der Waals surface area contributed by atoms with Crippen molar-refractivity contribution in [3.05, 3.63) is 40.0 Å². The third-order valence-corrected chi connectivity index (χ3v) is 3.28. The molecule has 0 spiro atoms. The highest BCUT2D eigenvalue weighted by molar-refractivity contribution is 6.32. The van der Waals surface area contributed by atoms with Gasteiger partial charge in [-0.25, -0.2) is 4.98 Å². The van der Waals surface area contributed by atoms with Crippen molar-refractivity contribution < 1.29 is 9.32 Å². The predicted molar refractivity (Wildman–Crippen MR) is 75.5 cm³/mol. The van der Waals surface area contributed by atoms with E-state index in [4.69, 9.17) is 21.9 Å². The molecule has 2 aromatic rings. The smallest absolute Gasteiger partial charge is 0.254 e. The lowest BCUT2D eigenvalue weighted by Gasteiger charge is -2.14. The van der Waals surface area contributed by atoms with Crippen molar-refractivity contribution in [3.8, 4) is 0 Å². The summed E-state index contributed by atoms with van der Waals surface area (Å²) < 4.78 is 5.09. The maximum absolute atomic E-state index is 12.2. The summed E-state index contributed by atoms with van der Waals surface area (Å²) in [7, 11) is 0. The van der Waals surface area contributed by atoms with E-state index < -0.39 is 0 Å². The van der Waals surface area contributed by atoms with Crippen LogP contribution in [0.2, 0.25) is 5.15 Å². The Morgan fingerprint density at radius 1 is 1.50 bits per heavy atom. The number of carbonyl (C=O) groups is 1.